The van der Waals surface area contributed by atoms with Gasteiger partial charge in [0, 0.05) is 13.1 Å². The zero-order valence-electron chi connectivity index (χ0n) is 11.7. The lowest BCUT2D eigenvalue weighted by molar-refractivity contribution is -0.0440. The third-order valence-electron chi connectivity index (χ3n) is 3.15. The van der Waals surface area contributed by atoms with Crippen molar-refractivity contribution in [1.29, 1.82) is 0 Å². The Morgan fingerprint density at radius 2 is 1.90 bits per heavy atom. The quantitative estimate of drug-likeness (QED) is 0.851. The van der Waals surface area contributed by atoms with Gasteiger partial charge in [0.25, 0.3) is 0 Å². The maximum Gasteiger partial charge on any atom is 0.243 e. The minimum atomic E-state index is -3.72. The number of hydrogen-bond acceptors (Lipinski definition) is 4. The minimum Gasteiger partial charge on any atom is -0.494 e. The molecule has 0 N–H and O–H groups in total. The summed E-state index contributed by atoms with van der Waals surface area (Å²) in [5.74, 6) is -0.671. The molecule has 20 heavy (non-hydrogen) atoms. The molecule has 0 radical (unpaired) electrons. The molecule has 112 valence electrons. The van der Waals surface area contributed by atoms with Gasteiger partial charge < -0.3 is 9.47 Å². The van der Waals surface area contributed by atoms with Gasteiger partial charge in [-0.2, -0.15) is 4.31 Å². The Morgan fingerprint density at radius 3 is 2.40 bits per heavy atom. The molecule has 1 aromatic rings. The Balaban J connectivity index is 2.32. The number of ether oxygens (including phenoxy) is 2. The van der Waals surface area contributed by atoms with E-state index in [1.165, 1.54) is 23.5 Å². The van der Waals surface area contributed by atoms with Crippen LogP contribution >= 0.6 is 0 Å². The number of hydrogen-bond donors (Lipinski definition) is 0. The first kappa shape index (κ1) is 15.2. The first-order chi connectivity index (χ1) is 9.34. The molecule has 0 aliphatic carbocycles. The molecular formula is C13H18FNO4S. The van der Waals surface area contributed by atoms with Crippen molar-refractivity contribution >= 4 is 10.0 Å². The predicted molar refractivity (Wildman–Crippen MR) is 71.7 cm³/mol. The van der Waals surface area contributed by atoms with Crippen molar-refractivity contribution in [2.45, 2.75) is 31.0 Å². The summed E-state index contributed by atoms with van der Waals surface area (Å²) in [4.78, 5) is -0.0721. The SMILES string of the molecule is COc1ccc(S(=O)(=O)N2C[C@@H](C)O[C@H](C)C2)cc1F. The summed E-state index contributed by atoms with van der Waals surface area (Å²) in [6, 6.07) is 3.65. The van der Waals surface area contributed by atoms with Crippen LogP contribution in [0, 0.1) is 5.82 Å². The van der Waals surface area contributed by atoms with Crippen LogP contribution < -0.4 is 4.74 Å². The second-order valence-electron chi connectivity index (χ2n) is 4.88. The highest BCUT2D eigenvalue weighted by Crippen LogP contribution is 2.25. The topological polar surface area (TPSA) is 55.8 Å². The number of sulfonamides is 1. The molecule has 1 aliphatic rings. The normalized spacial score (nSPS) is 24.6. The van der Waals surface area contributed by atoms with Crippen molar-refractivity contribution in [2.75, 3.05) is 20.2 Å². The van der Waals surface area contributed by atoms with Crippen LogP contribution in [-0.2, 0) is 14.8 Å². The molecule has 0 aromatic heterocycles. The molecule has 0 unspecified atom stereocenters. The molecule has 0 spiro atoms. The van der Waals surface area contributed by atoms with Gasteiger partial charge in [0.2, 0.25) is 10.0 Å². The fourth-order valence-corrected chi connectivity index (χ4v) is 3.89. The van der Waals surface area contributed by atoms with E-state index >= 15 is 0 Å². The molecule has 7 heteroatoms. The van der Waals surface area contributed by atoms with E-state index in [0.29, 0.717) is 0 Å². The molecule has 1 fully saturated rings. The molecule has 1 aliphatic heterocycles. The molecule has 2 atom stereocenters. The Bertz CT molecular complexity index is 580. The molecule has 0 amide bonds. The van der Waals surface area contributed by atoms with Crippen molar-refractivity contribution in [3.8, 4) is 5.75 Å². The van der Waals surface area contributed by atoms with Crippen molar-refractivity contribution in [2.24, 2.45) is 0 Å². The van der Waals surface area contributed by atoms with Crippen LogP contribution in [0.4, 0.5) is 4.39 Å². The summed E-state index contributed by atoms with van der Waals surface area (Å²) < 4.78 is 50.3. The smallest absolute Gasteiger partial charge is 0.243 e. The van der Waals surface area contributed by atoms with Crippen LogP contribution in [0.5, 0.6) is 5.75 Å². The van der Waals surface area contributed by atoms with Gasteiger partial charge in [-0.15, -0.1) is 0 Å². The van der Waals surface area contributed by atoms with E-state index in [1.807, 2.05) is 13.8 Å². The van der Waals surface area contributed by atoms with E-state index in [4.69, 9.17) is 9.47 Å². The second-order valence-corrected chi connectivity index (χ2v) is 6.81. The third-order valence-corrected chi connectivity index (χ3v) is 4.97. The maximum absolute atomic E-state index is 13.7. The lowest BCUT2D eigenvalue weighted by atomic mass is 10.3. The molecule has 1 aromatic carbocycles. The van der Waals surface area contributed by atoms with Crippen LogP contribution in [0.25, 0.3) is 0 Å². The highest BCUT2D eigenvalue weighted by molar-refractivity contribution is 7.89. The largest absolute Gasteiger partial charge is 0.494 e. The van der Waals surface area contributed by atoms with Crippen LogP contribution in [0.15, 0.2) is 23.1 Å². The van der Waals surface area contributed by atoms with Crippen molar-refractivity contribution < 1.29 is 22.3 Å². The average molecular weight is 303 g/mol. The molecule has 1 heterocycles. The van der Waals surface area contributed by atoms with Crippen molar-refractivity contribution in [1.82, 2.24) is 4.31 Å². The summed E-state index contributed by atoms with van der Waals surface area (Å²) in [6.45, 7) is 4.15. The van der Waals surface area contributed by atoms with Crippen LogP contribution in [0.1, 0.15) is 13.8 Å². The molecule has 1 saturated heterocycles. The zero-order chi connectivity index (χ0) is 14.9. The van der Waals surface area contributed by atoms with Gasteiger partial charge in [-0.3, -0.25) is 0 Å². The van der Waals surface area contributed by atoms with Gasteiger partial charge in [-0.05, 0) is 32.0 Å². The molecule has 2 rings (SSSR count). The number of methoxy groups -OCH3 is 1. The Labute approximate surface area is 118 Å². The first-order valence-corrected chi connectivity index (χ1v) is 7.77. The number of halogens is 1. The summed E-state index contributed by atoms with van der Waals surface area (Å²) in [5.41, 5.74) is 0. The summed E-state index contributed by atoms with van der Waals surface area (Å²) in [6.07, 6.45) is -0.367. The van der Waals surface area contributed by atoms with Gasteiger partial charge in [0.05, 0.1) is 24.2 Å². The van der Waals surface area contributed by atoms with E-state index in [0.717, 1.165) is 6.07 Å². The van der Waals surface area contributed by atoms with Crippen LogP contribution in [0.3, 0.4) is 0 Å². The monoisotopic (exact) mass is 303 g/mol. The van der Waals surface area contributed by atoms with E-state index in [9.17, 15) is 12.8 Å². The number of nitrogens with zero attached hydrogens (tertiary/aromatic N) is 1. The lowest BCUT2D eigenvalue weighted by Crippen LogP contribution is -2.48. The van der Waals surface area contributed by atoms with Crippen molar-refractivity contribution in [3.63, 3.8) is 0 Å². The first-order valence-electron chi connectivity index (χ1n) is 6.33. The number of morpholine rings is 1. The van der Waals surface area contributed by atoms with Crippen LogP contribution in [0.2, 0.25) is 0 Å². The molecule has 5 nitrogen and oxygen atoms in total. The minimum absolute atomic E-state index is 0.0210. The van der Waals surface area contributed by atoms with Gasteiger partial charge in [-0.25, -0.2) is 12.8 Å². The predicted octanol–water partition coefficient (Wildman–Crippen LogP) is 1.63. The standard InChI is InChI=1S/C13H18FNO4S/c1-9-7-15(8-10(2)19-9)20(16,17)11-4-5-13(18-3)12(14)6-11/h4-6,9-10H,7-8H2,1-3H3/t9-,10-/m1/s1. The number of benzene rings is 1. The summed E-state index contributed by atoms with van der Waals surface area (Å²) in [5, 5.41) is 0. The van der Waals surface area contributed by atoms with Gasteiger partial charge in [0.1, 0.15) is 0 Å². The Kier molecular flexibility index (Phi) is 4.31. The Hall–Kier alpha value is -1.18. The van der Waals surface area contributed by atoms with Gasteiger partial charge in [-0.1, -0.05) is 0 Å². The third kappa shape index (κ3) is 2.94. The maximum atomic E-state index is 13.7. The highest BCUT2D eigenvalue weighted by Gasteiger charge is 2.32. The van der Waals surface area contributed by atoms with E-state index < -0.39 is 15.8 Å². The lowest BCUT2D eigenvalue weighted by Gasteiger charge is -2.34. The molecule has 0 saturated carbocycles. The van der Waals surface area contributed by atoms with E-state index in [2.05, 4.69) is 0 Å². The highest BCUT2D eigenvalue weighted by atomic mass is 32.2. The fraction of sp³-hybridized carbons (Fsp3) is 0.538. The number of rotatable bonds is 3. The Morgan fingerprint density at radius 1 is 1.30 bits per heavy atom. The van der Waals surface area contributed by atoms with E-state index in [-0.39, 0.29) is 35.9 Å². The summed E-state index contributed by atoms with van der Waals surface area (Å²) in [7, 11) is -2.39. The van der Waals surface area contributed by atoms with Crippen molar-refractivity contribution in [3.05, 3.63) is 24.0 Å². The second kappa shape index (κ2) is 5.67. The fourth-order valence-electron chi connectivity index (χ4n) is 2.28. The molecular weight excluding hydrogens is 285 g/mol. The van der Waals surface area contributed by atoms with Crippen LogP contribution in [-0.4, -0.2) is 45.1 Å². The zero-order valence-corrected chi connectivity index (χ0v) is 12.5. The van der Waals surface area contributed by atoms with E-state index in [1.54, 1.807) is 0 Å². The van der Waals surface area contributed by atoms with Gasteiger partial charge in [0.15, 0.2) is 11.6 Å². The summed E-state index contributed by atoms with van der Waals surface area (Å²) >= 11 is 0. The van der Waals surface area contributed by atoms with Gasteiger partial charge >= 0.3 is 0 Å². The average Bonchev–Trinajstić information content (AvgIpc) is 2.37. The molecule has 0 bridgehead atoms.